The predicted octanol–water partition coefficient (Wildman–Crippen LogP) is 0.957. The Morgan fingerprint density at radius 1 is 1.17 bits per heavy atom. The van der Waals surface area contributed by atoms with E-state index in [0.29, 0.717) is 0 Å². The molecule has 1 heterocycles. The number of imide groups is 1. The number of benzene rings is 1. The van der Waals surface area contributed by atoms with Crippen molar-refractivity contribution in [3.63, 3.8) is 0 Å². The maximum Gasteiger partial charge on any atom is 0.318 e. The zero-order valence-corrected chi connectivity index (χ0v) is 14.5. The summed E-state index contributed by atoms with van der Waals surface area (Å²) in [6, 6.07) is 7.19. The van der Waals surface area contributed by atoms with Gasteiger partial charge in [0.25, 0.3) is 0 Å². The van der Waals surface area contributed by atoms with Crippen molar-refractivity contribution in [2.45, 2.75) is 25.9 Å². The molecule has 1 saturated heterocycles. The Kier molecular flexibility index (Phi) is 6.16. The van der Waals surface area contributed by atoms with Gasteiger partial charge in [-0.3, -0.25) is 19.9 Å². The number of nitrogens with one attached hydrogen (secondary N) is 1. The third-order valence-electron chi connectivity index (χ3n) is 4.65. The van der Waals surface area contributed by atoms with Crippen LogP contribution in [0.2, 0.25) is 0 Å². The summed E-state index contributed by atoms with van der Waals surface area (Å²) in [6.07, 6.45) is 0. The molecule has 2 unspecified atom stereocenters. The van der Waals surface area contributed by atoms with Crippen LogP contribution < -0.4 is 15.8 Å². The van der Waals surface area contributed by atoms with Crippen LogP contribution in [0.15, 0.2) is 24.3 Å². The molecule has 1 aliphatic heterocycles. The molecule has 0 bridgehead atoms. The molecule has 1 aromatic carbocycles. The van der Waals surface area contributed by atoms with Gasteiger partial charge in [-0.2, -0.15) is 0 Å². The van der Waals surface area contributed by atoms with Crippen LogP contribution in [0.5, 0.6) is 5.75 Å². The lowest BCUT2D eigenvalue weighted by Gasteiger charge is -2.40. The summed E-state index contributed by atoms with van der Waals surface area (Å²) >= 11 is 0. The molecule has 3 N–H and O–H groups in total. The molecule has 24 heavy (non-hydrogen) atoms. The van der Waals surface area contributed by atoms with Gasteiger partial charge in [0.05, 0.1) is 13.2 Å². The molecular formula is C17H26N4O3. The summed E-state index contributed by atoms with van der Waals surface area (Å²) in [5, 5.41) is 2.14. The quantitative estimate of drug-likeness (QED) is 0.837. The van der Waals surface area contributed by atoms with Crippen molar-refractivity contribution in [2.75, 3.05) is 33.3 Å². The topological polar surface area (TPSA) is 87.9 Å². The van der Waals surface area contributed by atoms with Gasteiger partial charge in [-0.05, 0) is 31.5 Å². The summed E-state index contributed by atoms with van der Waals surface area (Å²) in [5.41, 5.74) is 6.21. The Labute approximate surface area is 142 Å². The molecule has 1 aromatic rings. The average molecular weight is 334 g/mol. The second-order valence-electron chi connectivity index (χ2n) is 6.05. The van der Waals surface area contributed by atoms with Gasteiger partial charge in [-0.15, -0.1) is 0 Å². The van der Waals surface area contributed by atoms with E-state index in [-0.39, 0.29) is 18.0 Å². The maximum absolute atomic E-state index is 11.9. The smallest absolute Gasteiger partial charge is 0.318 e. The predicted molar refractivity (Wildman–Crippen MR) is 91.7 cm³/mol. The number of rotatable bonds is 5. The molecule has 1 aliphatic rings. The van der Waals surface area contributed by atoms with Gasteiger partial charge in [0.2, 0.25) is 5.91 Å². The number of ether oxygens (including phenoxy) is 1. The average Bonchev–Trinajstić information content (AvgIpc) is 2.60. The molecule has 3 amide bonds. The van der Waals surface area contributed by atoms with E-state index in [1.54, 1.807) is 14.0 Å². The Bertz CT molecular complexity index is 585. The summed E-state index contributed by atoms with van der Waals surface area (Å²) < 4.78 is 5.29. The van der Waals surface area contributed by atoms with Crippen molar-refractivity contribution in [3.05, 3.63) is 29.8 Å². The molecule has 0 aromatic heterocycles. The fourth-order valence-electron chi connectivity index (χ4n) is 3.02. The first-order valence-corrected chi connectivity index (χ1v) is 8.14. The minimum absolute atomic E-state index is 0.275. The molecule has 0 saturated carbocycles. The van der Waals surface area contributed by atoms with Crippen molar-refractivity contribution < 1.29 is 14.3 Å². The first kappa shape index (κ1) is 18.2. The van der Waals surface area contributed by atoms with E-state index in [0.717, 1.165) is 31.9 Å². The van der Waals surface area contributed by atoms with Crippen molar-refractivity contribution >= 4 is 11.9 Å². The second kappa shape index (κ2) is 8.12. The fourth-order valence-corrected chi connectivity index (χ4v) is 3.02. The van der Waals surface area contributed by atoms with Crippen LogP contribution >= 0.6 is 0 Å². The van der Waals surface area contributed by atoms with E-state index in [9.17, 15) is 9.59 Å². The first-order valence-electron chi connectivity index (χ1n) is 8.14. The van der Waals surface area contributed by atoms with Gasteiger partial charge in [0.15, 0.2) is 0 Å². The van der Waals surface area contributed by atoms with E-state index in [2.05, 4.69) is 34.2 Å². The van der Waals surface area contributed by atoms with Gasteiger partial charge in [0.1, 0.15) is 5.75 Å². The van der Waals surface area contributed by atoms with Crippen molar-refractivity contribution in [2.24, 2.45) is 5.73 Å². The summed E-state index contributed by atoms with van der Waals surface area (Å²) in [7, 11) is 1.67. The largest absolute Gasteiger partial charge is 0.497 e. The van der Waals surface area contributed by atoms with Crippen molar-refractivity contribution in [1.82, 2.24) is 15.1 Å². The molecule has 0 aliphatic carbocycles. The van der Waals surface area contributed by atoms with Gasteiger partial charge >= 0.3 is 6.03 Å². The second-order valence-corrected chi connectivity index (χ2v) is 6.05. The van der Waals surface area contributed by atoms with E-state index in [1.807, 2.05) is 12.1 Å². The van der Waals surface area contributed by atoms with Crippen LogP contribution in [-0.2, 0) is 4.79 Å². The number of nitrogens with two attached hydrogens (primary N) is 1. The van der Waals surface area contributed by atoms with E-state index < -0.39 is 6.03 Å². The molecule has 0 spiro atoms. The van der Waals surface area contributed by atoms with Gasteiger partial charge in [-0.1, -0.05) is 12.1 Å². The number of piperazine rings is 1. The number of primary amides is 1. The highest BCUT2D eigenvalue weighted by Crippen LogP contribution is 2.25. The third-order valence-corrected chi connectivity index (χ3v) is 4.65. The number of hydrogen-bond acceptors (Lipinski definition) is 5. The normalized spacial score (nSPS) is 18.6. The highest BCUT2D eigenvalue weighted by molar-refractivity contribution is 5.96. The van der Waals surface area contributed by atoms with Crippen molar-refractivity contribution in [1.29, 1.82) is 0 Å². The van der Waals surface area contributed by atoms with Crippen LogP contribution in [0.3, 0.4) is 0 Å². The van der Waals surface area contributed by atoms with Crippen LogP contribution in [0.4, 0.5) is 4.79 Å². The Balaban J connectivity index is 1.92. The lowest BCUT2D eigenvalue weighted by Crippen LogP contribution is -2.55. The minimum atomic E-state index is -0.808. The third kappa shape index (κ3) is 4.46. The first-order chi connectivity index (χ1) is 11.4. The lowest BCUT2D eigenvalue weighted by molar-refractivity contribution is -0.125. The molecule has 132 valence electrons. The Morgan fingerprint density at radius 3 is 2.38 bits per heavy atom. The highest BCUT2D eigenvalue weighted by atomic mass is 16.5. The molecule has 2 rings (SSSR count). The van der Waals surface area contributed by atoms with E-state index in [4.69, 9.17) is 10.5 Å². The molecule has 0 radical (unpaired) electrons. The molecule has 7 heteroatoms. The SMILES string of the molecule is COc1cccc(C(C)N2CCN(C(C)C(=O)NC(N)=O)CC2)c1. The van der Waals surface area contributed by atoms with Crippen LogP contribution in [0, 0.1) is 0 Å². The minimum Gasteiger partial charge on any atom is -0.497 e. The van der Waals surface area contributed by atoms with Gasteiger partial charge in [-0.25, -0.2) is 4.79 Å². The molecule has 1 fully saturated rings. The number of amides is 3. The summed E-state index contributed by atoms with van der Waals surface area (Å²) in [4.78, 5) is 27.1. The molecular weight excluding hydrogens is 308 g/mol. The number of carbonyl (C=O) groups excluding carboxylic acids is 2. The van der Waals surface area contributed by atoms with Crippen LogP contribution in [0.25, 0.3) is 0 Å². The summed E-state index contributed by atoms with van der Waals surface area (Å²) in [6.45, 7) is 7.20. The van der Waals surface area contributed by atoms with E-state index >= 15 is 0 Å². The van der Waals surface area contributed by atoms with Crippen LogP contribution in [-0.4, -0.2) is 61.1 Å². The van der Waals surface area contributed by atoms with E-state index in [1.165, 1.54) is 5.56 Å². The standard InChI is InChI=1S/C17H26N4O3/c1-12(14-5-4-6-15(11-14)24-3)20-7-9-21(10-8-20)13(2)16(22)19-17(18)23/h4-6,11-13H,7-10H2,1-3H3,(H3,18,19,22,23). The lowest BCUT2D eigenvalue weighted by atomic mass is 10.1. The van der Waals surface area contributed by atoms with Crippen LogP contribution in [0.1, 0.15) is 25.5 Å². The number of urea groups is 1. The summed E-state index contributed by atoms with van der Waals surface area (Å²) in [5.74, 6) is 0.506. The fraction of sp³-hybridized carbons (Fsp3) is 0.529. The van der Waals surface area contributed by atoms with Crippen molar-refractivity contribution in [3.8, 4) is 5.75 Å². The zero-order chi connectivity index (χ0) is 17.7. The number of nitrogens with zero attached hydrogens (tertiary/aromatic N) is 2. The number of carbonyl (C=O) groups is 2. The number of hydrogen-bond donors (Lipinski definition) is 2. The monoisotopic (exact) mass is 334 g/mol. The molecule has 2 atom stereocenters. The zero-order valence-electron chi connectivity index (χ0n) is 14.5. The molecule has 7 nitrogen and oxygen atoms in total. The highest BCUT2D eigenvalue weighted by Gasteiger charge is 2.28. The van der Waals surface area contributed by atoms with Gasteiger partial charge in [0, 0.05) is 32.2 Å². The Hall–Kier alpha value is -2.12. The maximum atomic E-state index is 11.9. The Morgan fingerprint density at radius 2 is 1.79 bits per heavy atom. The number of methoxy groups -OCH3 is 1. The van der Waals surface area contributed by atoms with Gasteiger partial charge < -0.3 is 10.5 Å².